The molecular formula is C19H24ClN3O3. The Bertz CT molecular complexity index is 764. The van der Waals surface area contributed by atoms with Gasteiger partial charge in [-0.25, -0.2) is 0 Å². The Labute approximate surface area is 158 Å². The van der Waals surface area contributed by atoms with Gasteiger partial charge in [0, 0.05) is 24.3 Å². The number of aromatic nitrogens is 2. The number of ether oxygens (including phenoxy) is 1. The van der Waals surface area contributed by atoms with E-state index in [1.165, 1.54) is 0 Å². The predicted molar refractivity (Wildman–Crippen MR) is 99.3 cm³/mol. The van der Waals surface area contributed by atoms with Gasteiger partial charge in [-0.3, -0.25) is 9.48 Å². The summed E-state index contributed by atoms with van der Waals surface area (Å²) in [5.74, 6) is 0.658. The summed E-state index contributed by atoms with van der Waals surface area (Å²) >= 11 is 5.96. The van der Waals surface area contributed by atoms with Gasteiger partial charge in [0.1, 0.15) is 24.5 Å². The molecule has 1 saturated heterocycles. The van der Waals surface area contributed by atoms with Gasteiger partial charge in [-0.1, -0.05) is 17.7 Å². The average molecular weight is 378 g/mol. The first kappa shape index (κ1) is 18.7. The van der Waals surface area contributed by atoms with Crippen LogP contribution in [-0.2, 0) is 11.3 Å². The van der Waals surface area contributed by atoms with Gasteiger partial charge in [-0.05, 0) is 49.9 Å². The van der Waals surface area contributed by atoms with E-state index in [0.717, 1.165) is 12.0 Å². The van der Waals surface area contributed by atoms with Crippen LogP contribution in [0.5, 0.6) is 5.75 Å². The molecule has 2 aromatic rings. The number of nitrogens with zero attached hydrogens (tertiary/aromatic N) is 3. The third-order valence-corrected chi connectivity index (χ3v) is 4.87. The van der Waals surface area contributed by atoms with E-state index in [-0.39, 0.29) is 19.1 Å². The molecule has 140 valence electrons. The van der Waals surface area contributed by atoms with Crippen LogP contribution < -0.4 is 4.74 Å². The molecule has 0 bridgehead atoms. The number of hydrogen-bond acceptors (Lipinski definition) is 4. The molecule has 1 fully saturated rings. The Morgan fingerprint density at radius 2 is 2.23 bits per heavy atom. The molecule has 0 spiro atoms. The monoisotopic (exact) mass is 377 g/mol. The van der Waals surface area contributed by atoms with Crippen LogP contribution in [0.1, 0.15) is 24.8 Å². The standard InChI is InChI=1S/C19H24ClN3O3/c1-15-11-21-23(12-15)13-18(24)22-8-3-6-19(25,7-9-22)14-26-17-5-2-4-16(20)10-17/h2,4-5,10-12,25H,3,6-9,13-14H2,1H3. The fraction of sp³-hybridized carbons (Fsp3) is 0.474. The van der Waals surface area contributed by atoms with Gasteiger partial charge in [0.05, 0.1) is 6.20 Å². The predicted octanol–water partition coefficient (Wildman–Crippen LogP) is 2.67. The maximum Gasteiger partial charge on any atom is 0.244 e. The van der Waals surface area contributed by atoms with Crippen LogP contribution in [0, 0.1) is 6.92 Å². The van der Waals surface area contributed by atoms with Crippen molar-refractivity contribution in [1.82, 2.24) is 14.7 Å². The zero-order valence-corrected chi connectivity index (χ0v) is 15.7. The molecule has 3 rings (SSSR count). The van der Waals surface area contributed by atoms with Crippen LogP contribution in [0.4, 0.5) is 0 Å². The fourth-order valence-corrected chi connectivity index (χ4v) is 3.32. The fourth-order valence-electron chi connectivity index (χ4n) is 3.14. The summed E-state index contributed by atoms with van der Waals surface area (Å²) in [6.45, 7) is 3.51. The second kappa shape index (κ2) is 8.10. The number of carbonyl (C=O) groups is 1. The maximum atomic E-state index is 12.5. The van der Waals surface area contributed by atoms with Crippen molar-refractivity contribution in [3.8, 4) is 5.75 Å². The van der Waals surface area contributed by atoms with Crippen LogP contribution in [-0.4, -0.2) is 51.0 Å². The summed E-state index contributed by atoms with van der Waals surface area (Å²) in [6.07, 6.45) is 5.40. The Hall–Kier alpha value is -2.05. The minimum Gasteiger partial charge on any atom is -0.491 e. The van der Waals surface area contributed by atoms with E-state index >= 15 is 0 Å². The van der Waals surface area contributed by atoms with E-state index in [0.29, 0.717) is 36.7 Å². The van der Waals surface area contributed by atoms with Crippen LogP contribution in [0.3, 0.4) is 0 Å². The first-order chi connectivity index (χ1) is 12.4. The second-order valence-corrected chi connectivity index (χ2v) is 7.36. The Morgan fingerprint density at radius 3 is 2.96 bits per heavy atom. The van der Waals surface area contributed by atoms with Gasteiger partial charge < -0.3 is 14.7 Å². The van der Waals surface area contributed by atoms with Crippen LogP contribution in [0.25, 0.3) is 0 Å². The molecule has 1 aromatic heterocycles. The zero-order valence-electron chi connectivity index (χ0n) is 14.9. The summed E-state index contributed by atoms with van der Waals surface area (Å²) in [5.41, 5.74) is 0.0841. The number of amides is 1. The number of aliphatic hydroxyl groups is 1. The zero-order chi connectivity index (χ0) is 18.6. The molecule has 1 unspecified atom stereocenters. The van der Waals surface area contributed by atoms with E-state index in [9.17, 15) is 9.90 Å². The van der Waals surface area contributed by atoms with Gasteiger partial charge >= 0.3 is 0 Å². The molecule has 1 aliphatic rings. The molecule has 0 saturated carbocycles. The molecule has 1 aliphatic heterocycles. The summed E-state index contributed by atoms with van der Waals surface area (Å²) in [7, 11) is 0. The minimum absolute atomic E-state index is 0.0214. The number of halogens is 1. The van der Waals surface area contributed by atoms with Gasteiger partial charge in [0.25, 0.3) is 0 Å². The van der Waals surface area contributed by atoms with Crippen molar-refractivity contribution >= 4 is 17.5 Å². The molecule has 1 amide bonds. The van der Waals surface area contributed by atoms with E-state index in [1.807, 2.05) is 25.3 Å². The van der Waals surface area contributed by atoms with Crippen LogP contribution >= 0.6 is 11.6 Å². The van der Waals surface area contributed by atoms with Gasteiger partial charge in [-0.2, -0.15) is 5.10 Å². The van der Waals surface area contributed by atoms with E-state index in [2.05, 4.69) is 5.10 Å². The summed E-state index contributed by atoms with van der Waals surface area (Å²) in [4.78, 5) is 14.3. The van der Waals surface area contributed by atoms with Crippen molar-refractivity contribution in [1.29, 1.82) is 0 Å². The van der Waals surface area contributed by atoms with Crippen molar-refractivity contribution in [2.75, 3.05) is 19.7 Å². The molecule has 0 radical (unpaired) electrons. The number of rotatable bonds is 5. The Balaban J connectivity index is 1.54. The lowest BCUT2D eigenvalue weighted by molar-refractivity contribution is -0.132. The van der Waals surface area contributed by atoms with E-state index < -0.39 is 5.60 Å². The normalized spacial score (nSPS) is 20.7. The molecule has 1 atom stereocenters. The van der Waals surface area contributed by atoms with Crippen molar-refractivity contribution < 1.29 is 14.6 Å². The van der Waals surface area contributed by atoms with Crippen LogP contribution in [0.15, 0.2) is 36.7 Å². The summed E-state index contributed by atoms with van der Waals surface area (Å²) in [5, 5.41) is 15.6. The maximum absolute atomic E-state index is 12.5. The number of benzene rings is 1. The Kier molecular flexibility index (Phi) is 5.84. The lowest BCUT2D eigenvalue weighted by Crippen LogP contribution is -2.39. The summed E-state index contributed by atoms with van der Waals surface area (Å²) < 4.78 is 7.38. The quantitative estimate of drug-likeness (QED) is 0.869. The smallest absolute Gasteiger partial charge is 0.244 e. The average Bonchev–Trinajstić information content (AvgIpc) is 2.90. The highest BCUT2D eigenvalue weighted by Crippen LogP contribution is 2.25. The highest BCUT2D eigenvalue weighted by atomic mass is 35.5. The molecule has 6 nitrogen and oxygen atoms in total. The molecule has 1 aromatic carbocycles. The number of aryl methyl sites for hydroxylation is 1. The van der Waals surface area contributed by atoms with E-state index in [1.54, 1.807) is 27.9 Å². The minimum atomic E-state index is -0.945. The molecule has 0 aliphatic carbocycles. The third-order valence-electron chi connectivity index (χ3n) is 4.63. The molecule has 2 heterocycles. The van der Waals surface area contributed by atoms with Crippen LogP contribution in [0.2, 0.25) is 5.02 Å². The highest BCUT2D eigenvalue weighted by Gasteiger charge is 2.32. The highest BCUT2D eigenvalue weighted by molar-refractivity contribution is 6.30. The van der Waals surface area contributed by atoms with Crippen molar-refractivity contribution in [3.05, 3.63) is 47.2 Å². The first-order valence-electron chi connectivity index (χ1n) is 8.81. The second-order valence-electron chi connectivity index (χ2n) is 6.92. The van der Waals surface area contributed by atoms with Gasteiger partial charge in [0.15, 0.2) is 0 Å². The molecule has 26 heavy (non-hydrogen) atoms. The molecule has 1 N–H and O–H groups in total. The van der Waals surface area contributed by atoms with Crippen molar-refractivity contribution in [2.24, 2.45) is 0 Å². The lowest BCUT2D eigenvalue weighted by atomic mass is 9.96. The first-order valence-corrected chi connectivity index (χ1v) is 9.19. The number of carbonyl (C=O) groups excluding carboxylic acids is 1. The summed E-state index contributed by atoms with van der Waals surface area (Å²) in [6, 6.07) is 7.13. The lowest BCUT2D eigenvalue weighted by Gasteiger charge is -2.27. The SMILES string of the molecule is Cc1cnn(CC(=O)N2CCCC(O)(COc3cccc(Cl)c3)CC2)c1. The molecular weight excluding hydrogens is 354 g/mol. The van der Waals surface area contributed by atoms with Crippen molar-refractivity contribution in [2.45, 2.75) is 38.3 Å². The third kappa shape index (κ3) is 4.99. The number of likely N-dealkylation sites (tertiary alicyclic amines) is 1. The number of hydrogen-bond donors (Lipinski definition) is 1. The van der Waals surface area contributed by atoms with Gasteiger partial charge in [-0.15, -0.1) is 0 Å². The van der Waals surface area contributed by atoms with Gasteiger partial charge in [0.2, 0.25) is 5.91 Å². The van der Waals surface area contributed by atoms with E-state index in [4.69, 9.17) is 16.3 Å². The molecule has 7 heteroatoms. The topological polar surface area (TPSA) is 67.6 Å². The Morgan fingerprint density at radius 1 is 1.38 bits per heavy atom. The van der Waals surface area contributed by atoms with Crippen molar-refractivity contribution in [3.63, 3.8) is 0 Å². The largest absolute Gasteiger partial charge is 0.491 e.